The van der Waals surface area contributed by atoms with E-state index in [9.17, 15) is 24.9 Å². The predicted octanol–water partition coefficient (Wildman–Crippen LogP) is 3.91. The van der Waals surface area contributed by atoms with Crippen LogP contribution in [0.25, 0.3) is 6.08 Å². The van der Waals surface area contributed by atoms with Crippen LogP contribution >= 0.6 is 0 Å². The SMILES string of the molecule is C=C(C)[C@@H]1CCC(C)=C[C@H]1c1c(O)cc(/C=C\C(=O)O)c(C(=O)O)c1O. The van der Waals surface area contributed by atoms with Crippen molar-refractivity contribution in [2.24, 2.45) is 5.92 Å². The number of benzene rings is 1. The van der Waals surface area contributed by atoms with Crippen LogP contribution in [0.1, 0.15) is 54.1 Å². The van der Waals surface area contributed by atoms with Crippen LogP contribution in [0.3, 0.4) is 0 Å². The van der Waals surface area contributed by atoms with Gasteiger partial charge in [0.15, 0.2) is 0 Å². The summed E-state index contributed by atoms with van der Waals surface area (Å²) in [5.74, 6) is -3.95. The molecule has 0 radical (unpaired) electrons. The number of carboxylic acid groups (broad SMARTS) is 2. The summed E-state index contributed by atoms with van der Waals surface area (Å²) in [6, 6.07) is 1.17. The fraction of sp³-hybridized carbons (Fsp3) is 0.300. The van der Waals surface area contributed by atoms with Gasteiger partial charge in [0.2, 0.25) is 0 Å². The largest absolute Gasteiger partial charge is 0.507 e. The Morgan fingerprint density at radius 3 is 2.46 bits per heavy atom. The first-order valence-corrected chi connectivity index (χ1v) is 8.19. The molecule has 6 heteroatoms. The zero-order chi connectivity index (χ0) is 19.6. The predicted molar refractivity (Wildman–Crippen MR) is 97.4 cm³/mol. The van der Waals surface area contributed by atoms with Crippen LogP contribution in [0, 0.1) is 5.92 Å². The number of carbonyl (C=O) groups is 2. The lowest BCUT2D eigenvalue weighted by Crippen LogP contribution is -2.18. The standard InChI is InChI=1S/C20H22O6/c1-10(2)13-6-4-11(3)8-14(13)18-15(21)9-12(5-7-16(22)23)17(19(18)24)20(25)26/h5,7-9,13-14,21,24H,1,4,6H2,2-3H3,(H,22,23)(H,25,26)/b7-5-/t13-,14+/m0/s1. The van der Waals surface area contributed by atoms with E-state index in [0.717, 1.165) is 36.1 Å². The fourth-order valence-corrected chi connectivity index (χ4v) is 3.44. The van der Waals surface area contributed by atoms with Crippen LogP contribution in [0.4, 0.5) is 0 Å². The summed E-state index contributed by atoms with van der Waals surface area (Å²) in [5, 5.41) is 39.4. The van der Waals surface area contributed by atoms with E-state index in [-0.39, 0.29) is 22.8 Å². The number of aliphatic carboxylic acids is 1. The van der Waals surface area contributed by atoms with Gasteiger partial charge in [-0.1, -0.05) is 23.8 Å². The highest BCUT2D eigenvalue weighted by atomic mass is 16.4. The molecule has 1 aromatic rings. The third-order valence-electron chi connectivity index (χ3n) is 4.68. The van der Waals surface area contributed by atoms with Crippen LogP contribution in [0.15, 0.2) is 35.9 Å². The first-order chi connectivity index (χ1) is 12.1. The summed E-state index contributed by atoms with van der Waals surface area (Å²) in [6.45, 7) is 7.78. The van der Waals surface area contributed by atoms with E-state index >= 15 is 0 Å². The Labute approximate surface area is 151 Å². The highest BCUT2D eigenvalue weighted by Gasteiger charge is 2.32. The second kappa shape index (κ2) is 7.47. The number of carboxylic acids is 2. The summed E-state index contributed by atoms with van der Waals surface area (Å²) in [4.78, 5) is 22.4. The quantitative estimate of drug-likeness (QED) is 0.468. The molecule has 0 amide bonds. The molecule has 26 heavy (non-hydrogen) atoms. The molecule has 0 aromatic heterocycles. The van der Waals surface area contributed by atoms with Gasteiger partial charge in [-0.2, -0.15) is 0 Å². The Bertz CT molecular complexity index is 831. The lowest BCUT2D eigenvalue weighted by atomic mass is 9.73. The number of aromatic hydroxyl groups is 2. The third-order valence-corrected chi connectivity index (χ3v) is 4.68. The fourth-order valence-electron chi connectivity index (χ4n) is 3.44. The average Bonchev–Trinajstić information content (AvgIpc) is 2.51. The molecule has 1 aliphatic rings. The summed E-state index contributed by atoms with van der Waals surface area (Å²) in [6.07, 6.45) is 5.34. The Kier molecular flexibility index (Phi) is 5.55. The van der Waals surface area contributed by atoms with Crippen LogP contribution in [-0.4, -0.2) is 32.4 Å². The Balaban J connectivity index is 2.71. The van der Waals surface area contributed by atoms with Crippen LogP contribution in [-0.2, 0) is 4.79 Å². The highest BCUT2D eigenvalue weighted by Crippen LogP contribution is 2.48. The minimum atomic E-state index is -1.41. The monoisotopic (exact) mass is 358 g/mol. The molecule has 0 spiro atoms. The Morgan fingerprint density at radius 2 is 1.92 bits per heavy atom. The van der Waals surface area contributed by atoms with E-state index in [1.807, 2.05) is 19.9 Å². The molecule has 0 saturated heterocycles. The number of hydrogen-bond donors (Lipinski definition) is 4. The van der Waals surface area contributed by atoms with Gasteiger partial charge in [-0.3, -0.25) is 0 Å². The molecule has 1 aliphatic carbocycles. The molecule has 0 fully saturated rings. The van der Waals surface area contributed by atoms with Crippen molar-refractivity contribution in [3.8, 4) is 11.5 Å². The van der Waals surface area contributed by atoms with Gasteiger partial charge in [0, 0.05) is 17.6 Å². The summed E-state index contributed by atoms with van der Waals surface area (Å²) < 4.78 is 0. The zero-order valence-electron chi connectivity index (χ0n) is 14.7. The van der Waals surface area contributed by atoms with Crippen LogP contribution in [0.5, 0.6) is 11.5 Å². The molecule has 0 saturated carbocycles. The van der Waals surface area contributed by atoms with E-state index in [2.05, 4.69) is 6.58 Å². The van der Waals surface area contributed by atoms with Gasteiger partial charge in [-0.05, 0) is 50.3 Å². The number of phenolic OH excluding ortho intramolecular Hbond substituents is 1. The second-order valence-electron chi connectivity index (χ2n) is 6.63. The third kappa shape index (κ3) is 3.79. The van der Waals surface area contributed by atoms with Gasteiger partial charge in [-0.15, -0.1) is 0 Å². The Hall–Kier alpha value is -3.02. The molecule has 1 aromatic carbocycles. The molecular formula is C20H22O6. The molecule has 0 aliphatic heterocycles. The van der Waals surface area contributed by atoms with Crippen molar-refractivity contribution < 1.29 is 30.0 Å². The smallest absolute Gasteiger partial charge is 0.340 e. The van der Waals surface area contributed by atoms with Gasteiger partial charge >= 0.3 is 11.9 Å². The lowest BCUT2D eigenvalue weighted by molar-refractivity contribution is -0.131. The van der Waals surface area contributed by atoms with Crippen molar-refractivity contribution in [1.29, 1.82) is 0 Å². The van der Waals surface area contributed by atoms with Crippen molar-refractivity contribution in [2.45, 2.75) is 32.6 Å². The number of phenols is 2. The maximum absolute atomic E-state index is 11.7. The maximum atomic E-state index is 11.7. The van der Waals surface area contributed by atoms with Crippen molar-refractivity contribution in [3.63, 3.8) is 0 Å². The van der Waals surface area contributed by atoms with Crippen LogP contribution in [0.2, 0.25) is 0 Å². The van der Waals surface area contributed by atoms with E-state index in [1.54, 1.807) is 0 Å². The molecule has 4 N–H and O–H groups in total. The van der Waals surface area contributed by atoms with Gasteiger partial charge in [0.25, 0.3) is 0 Å². The number of rotatable bonds is 5. The number of aromatic carboxylic acids is 1. The summed E-state index contributed by atoms with van der Waals surface area (Å²) in [7, 11) is 0. The van der Waals surface area contributed by atoms with E-state index in [0.29, 0.717) is 0 Å². The molecule has 138 valence electrons. The second-order valence-corrected chi connectivity index (χ2v) is 6.63. The average molecular weight is 358 g/mol. The first kappa shape index (κ1) is 19.3. The molecule has 6 nitrogen and oxygen atoms in total. The van der Waals surface area contributed by atoms with E-state index in [4.69, 9.17) is 5.11 Å². The van der Waals surface area contributed by atoms with Crippen molar-refractivity contribution in [1.82, 2.24) is 0 Å². The van der Waals surface area contributed by atoms with Gasteiger partial charge in [0.1, 0.15) is 17.1 Å². The molecule has 2 rings (SSSR count). The highest BCUT2D eigenvalue weighted by molar-refractivity contribution is 5.98. The Morgan fingerprint density at radius 1 is 1.27 bits per heavy atom. The van der Waals surface area contributed by atoms with Crippen molar-refractivity contribution >= 4 is 18.0 Å². The van der Waals surface area contributed by atoms with E-state index in [1.165, 1.54) is 6.07 Å². The summed E-state index contributed by atoms with van der Waals surface area (Å²) >= 11 is 0. The van der Waals surface area contributed by atoms with Crippen LogP contribution < -0.4 is 0 Å². The maximum Gasteiger partial charge on any atom is 0.340 e. The van der Waals surface area contributed by atoms with E-state index < -0.39 is 29.2 Å². The van der Waals surface area contributed by atoms with Gasteiger partial charge < -0.3 is 20.4 Å². The minimum Gasteiger partial charge on any atom is -0.507 e. The summed E-state index contributed by atoms with van der Waals surface area (Å²) in [5.41, 5.74) is 1.57. The number of allylic oxidation sites excluding steroid dienone is 3. The van der Waals surface area contributed by atoms with Crippen molar-refractivity contribution in [2.75, 3.05) is 0 Å². The minimum absolute atomic E-state index is 0.0439. The van der Waals surface area contributed by atoms with Gasteiger partial charge in [-0.25, -0.2) is 9.59 Å². The molecule has 0 bridgehead atoms. The lowest BCUT2D eigenvalue weighted by Gasteiger charge is -2.31. The van der Waals surface area contributed by atoms with Crippen molar-refractivity contribution in [3.05, 3.63) is 52.6 Å². The number of hydrogen-bond acceptors (Lipinski definition) is 4. The van der Waals surface area contributed by atoms with Gasteiger partial charge in [0.05, 0.1) is 0 Å². The molecule has 0 unspecified atom stereocenters. The zero-order valence-corrected chi connectivity index (χ0v) is 14.7. The molecular weight excluding hydrogens is 336 g/mol. The topological polar surface area (TPSA) is 115 Å². The molecule has 2 atom stereocenters. The first-order valence-electron chi connectivity index (χ1n) is 8.19. The normalized spacial score (nSPS) is 20.0. The molecule has 0 heterocycles.